The van der Waals surface area contributed by atoms with E-state index in [4.69, 9.17) is 28.5 Å². The molecule has 5 heteroatoms. The van der Waals surface area contributed by atoms with Crippen LogP contribution >= 0.6 is 23.2 Å². The van der Waals surface area contributed by atoms with Crippen molar-refractivity contribution in [1.82, 2.24) is 9.80 Å². The van der Waals surface area contributed by atoms with Crippen molar-refractivity contribution in [2.75, 3.05) is 38.6 Å². The average molecular weight is 342 g/mol. The summed E-state index contributed by atoms with van der Waals surface area (Å²) in [5, 5.41) is 9.37. The number of nitriles is 1. The summed E-state index contributed by atoms with van der Waals surface area (Å²) < 4.78 is 0. The second-order valence-corrected chi connectivity index (χ2v) is 6.28. The van der Waals surface area contributed by atoms with Crippen molar-refractivity contribution in [1.29, 1.82) is 5.26 Å². The van der Waals surface area contributed by atoms with E-state index in [2.05, 4.69) is 28.0 Å². The van der Waals surface area contributed by atoms with Crippen molar-refractivity contribution < 1.29 is 0 Å². The molecule has 0 aromatic carbocycles. The summed E-state index contributed by atoms with van der Waals surface area (Å²) in [5.41, 5.74) is 1.21. The summed E-state index contributed by atoms with van der Waals surface area (Å²) in [6.45, 7) is 6.99. The SMILES string of the molecule is C\C(Cl)=C/C=C\C(=C\CCCl)N1CCN(CCCC#N)CC1. The van der Waals surface area contributed by atoms with Gasteiger partial charge in [-0.3, -0.25) is 4.90 Å². The summed E-state index contributed by atoms with van der Waals surface area (Å²) in [7, 11) is 0. The maximum absolute atomic E-state index is 8.60. The first-order chi connectivity index (χ1) is 10.7. The van der Waals surface area contributed by atoms with E-state index in [0.717, 1.165) is 50.6 Å². The predicted octanol–water partition coefficient (Wildman–Crippen LogP) is 4.12. The zero-order valence-electron chi connectivity index (χ0n) is 13.3. The zero-order chi connectivity index (χ0) is 16.2. The van der Waals surface area contributed by atoms with E-state index >= 15 is 0 Å². The Bertz CT molecular complexity index is 437. The zero-order valence-corrected chi connectivity index (χ0v) is 14.8. The minimum absolute atomic E-state index is 0.635. The summed E-state index contributed by atoms with van der Waals surface area (Å²) in [6, 6.07) is 2.21. The molecule has 0 bridgehead atoms. The number of piperazine rings is 1. The molecule has 0 unspecified atom stereocenters. The van der Waals surface area contributed by atoms with Crippen LogP contribution in [0.15, 0.2) is 35.0 Å². The van der Waals surface area contributed by atoms with Gasteiger partial charge in [0.2, 0.25) is 0 Å². The number of hydrogen-bond acceptors (Lipinski definition) is 3. The lowest BCUT2D eigenvalue weighted by atomic mass is 10.2. The highest BCUT2D eigenvalue weighted by Gasteiger charge is 2.16. The molecule has 3 nitrogen and oxygen atoms in total. The minimum atomic E-state index is 0.635. The third-order valence-electron chi connectivity index (χ3n) is 3.56. The van der Waals surface area contributed by atoms with Gasteiger partial charge < -0.3 is 4.90 Å². The van der Waals surface area contributed by atoms with Gasteiger partial charge in [0.25, 0.3) is 0 Å². The Labute approximate surface area is 144 Å². The molecule has 0 atom stereocenters. The van der Waals surface area contributed by atoms with Gasteiger partial charge in [0, 0.05) is 49.2 Å². The molecule has 1 rings (SSSR count). The van der Waals surface area contributed by atoms with Gasteiger partial charge in [-0.25, -0.2) is 0 Å². The third kappa shape index (κ3) is 7.89. The summed E-state index contributed by atoms with van der Waals surface area (Å²) in [4.78, 5) is 4.82. The molecule has 0 saturated carbocycles. The number of unbranched alkanes of at least 4 members (excludes halogenated alkanes) is 1. The number of alkyl halides is 1. The Morgan fingerprint density at radius 2 is 2.00 bits per heavy atom. The van der Waals surface area contributed by atoms with Gasteiger partial charge in [-0.1, -0.05) is 23.8 Å². The molecule has 22 heavy (non-hydrogen) atoms. The molecular weight excluding hydrogens is 317 g/mol. The van der Waals surface area contributed by atoms with E-state index in [9.17, 15) is 0 Å². The highest BCUT2D eigenvalue weighted by molar-refractivity contribution is 6.29. The second kappa shape index (κ2) is 11.6. The predicted molar refractivity (Wildman–Crippen MR) is 95.0 cm³/mol. The summed E-state index contributed by atoms with van der Waals surface area (Å²) in [6.07, 6.45) is 10.7. The molecule has 1 saturated heterocycles. The van der Waals surface area contributed by atoms with Crippen molar-refractivity contribution in [3.63, 3.8) is 0 Å². The molecule has 0 N–H and O–H groups in total. The van der Waals surface area contributed by atoms with Gasteiger partial charge in [0.15, 0.2) is 0 Å². The molecule has 0 aliphatic carbocycles. The molecule has 122 valence electrons. The molecule has 0 spiro atoms. The first-order valence-electron chi connectivity index (χ1n) is 7.78. The fourth-order valence-electron chi connectivity index (χ4n) is 2.40. The Morgan fingerprint density at radius 3 is 2.59 bits per heavy atom. The molecular formula is C17H25Cl2N3. The van der Waals surface area contributed by atoms with Gasteiger partial charge in [-0.05, 0) is 38.5 Å². The molecule has 0 aromatic rings. The number of rotatable bonds is 8. The van der Waals surface area contributed by atoms with Crippen LogP contribution < -0.4 is 0 Å². The quantitative estimate of drug-likeness (QED) is 0.378. The molecule has 0 amide bonds. The lowest BCUT2D eigenvalue weighted by Gasteiger charge is -2.36. The van der Waals surface area contributed by atoms with E-state index in [-0.39, 0.29) is 0 Å². The standard InChI is InChI=1S/C17H25Cl2N3/c1-16(19)6-4-7-17(8-5-9-18)22-14-12-21(13-15-22)11-3-2-10-20/h4,6-8H,2-3,5,9,11-15H2,1H3/b7-4-,16-6+,17-8-. The van der Waals surface area contributed by atoms with Crippen LogP contribution in [0.1, 0.15) is 26.2 Å². The van der Waals surface area contributed by atoms with Crippen LogP contribution in [0.5, 0.6) is 0 Å². The fourth-order valence-corrected chi connectivity index (χ4v) is 2.58. The van der Waals surface area contributed by atoms with Gasteiger partial charge in [0.1, 0.15) is 0 Å². The molecule has 1 heterocycles. The van der Waals surface area contributed by atoms with Crippen LogP contribution in [0.3, 0.4) is 0 Å². The van der Waals surface area contributed by atoms with Crippen molar-refractivity contribution in [2.45, 2.75) is 26.2 Å². The Kier molecular flexibility index (Phi) is 10.1. The highest BCUT2D eigenvalue weighted by atomic mass is 35.5. The fraction of sp³-hybridized carbons (Fsp3) is 0.588. The summed E-state index contributed by atoms with van der Waals surface area (Å²) >= 11 is 11.7. The first-order valence-corrected chi connectivity index (χ1v) is 8.69. The van der Waals surface area contributed by atoms with Crippen LogP contribution in [0, 0.1) is 11.3 Å². The molecule has 1 fully saturated rings. The lowest BCUT2D eigenvalue weighted by Crippen LogP contribution is -2.45. The highest BCUT2D eigenvalue weighted by Crippen LogP contribution is 2.13. The van der Waals surface area contributed by atoms with Gasteiger partial charge in [-0.15, -0.1) is 11.6 Å². The Hall–Kier alpha value is -0.950. The third-order valence-corrected chi connectivity index (χ3v) is 3.90. The van der Waals surface area contributed by atoms with Crippen LogP contribution in [0.25, 0.3) is 0 Å². The first kappa shape index (κ1) is 19.1. The van der Waals surface area contributed by atoms with E-state index < -0.39 is 0 Å². The minimum Gasteiger partial charge on any atom is -0.369 e. The normalized spacial score (nSPS) is 18.0. The largest absolute Gasteiger partial charge is 0.369 e. The number of allylic oxidation sites excluding steroid dienone is 5. The maximum Gasteiger partial charge on any atom is 0.0622 e. The smallest absolute Gasteiger partial charge is 0.0622 e. The van der Waals surface area contributed by atoms with Gasteiger partial charge in [0.05, 0.1) is 6.07 Å². The van der Waals surface area contributed by atoms with Gasteiger partial charge >= 0.3 is 0 Å². The van der Waals surface area contributed by atoms with Crippen molar-refractivity contribution in [3.8, 4) is 6.07 Å². The van der Waals surface area contributed by atoms with E-state index in [1.54, 1.807) is 0 Å². The van der Waals surface area contributed by atoms with E-state index in [0.29, 0.717) is 12.3 Å². The number of hydrogen-bond donors (Lipinski definition) is 0. The molecule has 1 aliphatic rings. The van der Waals surface area contributed by atoms with E-state index in [1.807, 2.05) is 19.1 Å². The summed E-state index contributed by atoms with van der Waals surface area (Å²) in [5.74, 6) is 0.635. The van der Waals surface area contributed by atoms with Crippen LogP contribution in [-0.4, -0.2) is 48.4 Å². The van der Waals surface area contributed by atoms with Crippen molar-refractivity contribution >= 4 is 23.2 Å². The van der Waals surface area contributed by atoms with Crippen LogP contribution in [-0.2, 0) is 0 Å². The second-order valence-electron chi connectivity index (χ2n) is 5.31. The molecule has 1 aliphatic heterocycles. The van der Waals surface area contributed by atoms with Gasteiger partial charge in [-0.2, -0.15) is 5.26 Å². The van der Waals surface area contributed by atoms with Crippen LogP contribution in [0.4, 0.5) is 0 Å². The Morgan fingerprint density at radius 1 is 1.27 bits per heavy atom. The van der Waals surface area contributed by atoms with Crippen LogP contribution in [0.2, 0.25) is 0 Å². The topological polar surface area (TPSA) is 30.3 Å². The molecule has 0 aromatic heterocycles. The number of nitrogens with zero attached hydrogens (tertiary/aromatic N) is 3. The number of halogens is 2. The monoisotopic (exact) mass is 341 g/mol. The average Bonchev–Trinajstić information content (AvgIpc) is 2.51. The Balaban J connectivity index is 2.53. The maximum atomic E-state index is 8.60. The van der Waals surface area contributed by atoms with E-state index in [1.165, 1.54) is 5.70 Å². The van der Waals surface area contributed by atoms with Crippen molar-refractivity contribution in [2.24, 2.45) is 0 Å². The van der Waals surface area contributed by atoms with Crippen molar-refractivity contribution in [3.05, 3.63) is 35.0 Å². The lowest BCUT2D eigenvalue weighted by molar-refractivity contribution is 0.161. The molecule has 0 radical (unpaired) electrons.